The van der Waals surface area contributed by atoms with Gasteiger partial charge in [-0.05, 0) is 25.2 Å². The van der Waals surface area contributed by atoms with Crippen molar-refractivity contribution in [3.8, 4) is 0 Å². The average molecular weight is 311 g/mol. The minimum absolute atomic E-state index is 0. The van der Waals surface area contributed by atoms with Crippen LogP contribution in [0.1, 0.15) is 79.1 Å². The van der Waals surface area contributed by atoms with E-state index in [1.54, 1.807) is 0 Å². The number of unbranched alkanes of at least 4 members (excludes halogenated alkanes) is 2. The van der Waals surface area contributed by atoms with Crippen LogP contribution in [0, 0.1) is 5.92 Å². The minimum Gasteiger partial charge on any atom is -0.726 e. The predicted octanol–water partition coefficient (Wildman–Crippen LogP) is 4.39. The van der Waals surface area contributed by atoms with E-state index in [9.17, 15) is 13.0 Å². The molecule has 0 radical (unpaired) electrons. The smallest absolute Gasteiger partial charge is 0.218 e. The molecule has 0 aliphatic heterocycles. The van der Waals surface area contributed by atoms with Crippen molar-refractivity contribution in [1.29, 1.82) is 0 Å². The fraction of sp³-hybridized carbons (Fsp3) is 1.00. The van der Waals surface area contributed by atoms with Gasteiger partial charge in [-0.2, -0.15) is 0 Å². The van der Waals surface area contributed by atoms with E-state index < -0.39 is 16.0 Å². The first-order valence-corrected chi connectivity index (χ1v) is 8.81. The van der Waals surface area contributed by atoms with Gasteiger partial charge in [-0.3, -0.25) is 4.18 Å². The van der Waals surface area contributed by atoms with Crippen molar-refractivity contribution in [1.82, 2.24) is 6.15 Å². The van der Waals surface area contributed by atoms with Gasteiger partial charge in [0, 0.05) is 0 Å². The zero-order valence-corrected chi connectivity index (χ0v) is 14.6. The molecule has 6 heteroatoms. The van der Waals surface area contributed by atoms with Crippen LogP contribution in [-0.2, 0) is 14.6 Å². The van der Waals surface area contributed by atoms with E-state index in [-0.39, 0.29) is 12.1 Å². The van der Waals surface area contributed by atoms with Crippen LogP contribution < -0.4 is 6.15 Å². The summed E-state index contributed by atoms with van der Waals surface area (Å²) in [5.74, 6) is 0.0827. The Hall–Kier alpha value is -0.170. The van der Waals surface area contributed by atoms with Crippen molar-refractivity contribution >= 4 is 10.4 Å². The van der Waals surface area contributed by atoms with Gasteiger partial charge in [0.15, 0.2) is 0 Å². The molecule has 20 heavy (non-hydrogen) atoms. The van der Waals surface area contributed by atoms with Crippen molar-refractivity contribution in [2.24, 2.45) is 5.92 Å². The van der Waals surface area contributed by atoms with Gasteiger partial charge in [-0.15, -0.1) is 0 Å². The number of hydrogen-bond acceptors (Lipinski definition) is 4. The summed E-state index contributed by atoms with van der Waals surface area (Å²) in [5.41, 5.74) is -0.803. The Kier molecular flexibility index (Phi) is 11.7. The molecule has 0 fully saturated rings. The van der Waals surface area contributed by atoms with Gasteiger partial charge in [0.25, 0.3) is 0 Å². The lowest BCUT2D eigenvalue weighted by Gasteiger charge is -2.39. The van der Waals surface area contributed by atoms with Crippen LogP contribution in [0.15, 0.2) is 0 Å². The molecule has 0 saturated carbocycles. The summed E-state index contributed by atoms with van der Waals surface area (Å²) in [6.07, 6.45) is 6.83. The van der Waals surface area contributed by atoms with E-state index in [0.717, 1.165) is 38.5 Å². The molecule has 0 aliphatic carbocycles. The molecule has 1 unspecified atom stereocenters. The summed E-state index contributed by atoms with van der Waals surface area (Å²) in [5, 5.41) is 0. The standard InChI is InChI=1S/C14H30O4S.H3N/c1-5-8-11-14(12-9-6-2,13(4)10-7-3)18-19(15,16)17;/h13H,5-12H2,1-4H3,(H,15,16,17);1H3. The largest absolute Gasteiger partial charge is 0.726 e. The van der Waals surface area contributed by atoms with E-state index in [0.29, 0.717) is 12.8 Å². The van der Waals surface area contributed by atoms with Gasteiger partial charge in [-0.1, -0.05) is 59.8 Å². The van der Waals surface area contributed by atoms with Gasteiger partial charge in [-0.25, -0.2) is 8.42 Å². The summed E-state index contributed by atoms with van der Waals surface area (Å²) < 4.78 is 38.4. The van der Waals surface area contributed by atoms with Crippen molar-refractivity contribution in [2.45, 2.75) is 84.7 Å². The third-order valence-electron chi connectivity index (χ3n) is 3.79. The van der Waals surface area contributed by atoms with Gasteiger partial charge in [0.1, 0.15) is 0 Å². The van der Waals surface area contributed by atoms with E-state index in [1.165, 1.54) is 0 Å². The molecular formula is C14H33NO4S. The Morgan fingerprint density at radius 2 is 1.50 bits per heavy atom. The van der Waals surface area contributed by atoms with Crippen LogP contribution in [0.5, 0.6) is 0 Å². The molecule has 1 atom stereocenters. The summed E-state index contributed by atoms with van der Waals surface area (Å²) in [6, 6.07) is 0. The highest BCUT2D eigenvalue weighted by atomic mass is 32.3. The summed E-state index contributed by atoms with van der Waals surface area (Å²) in [6.45, 7) is 8.17. The molecule has 124 valence electrons. The predicted molar refractivity (Wildman–Crippen MR) is 82.6 cm³/mol. The minimum atomic E-state index is -4.66. The molecule has 0 spiro atoms. The molecule has 0 bridgehead atoms. The van der Waals surface area contributed by atoms with Gasteiger partial charge in [0.2, 0.25) is 10.4 Å². The first-order valence-electron chi connectivity index (χ1n) is 7.47. The summed E-state index contributed by atoms with van der Waals surface area (Å²) in [7, 11) is -4.66. The highest BCUT2D eigenvalue weighted by molar-refractivity contribution is 7.80. The Morgan fingerprint density at radius 1 is 1.05 bits per heavy atom. The summed E-state index contributed by atoms with van der Waals surface area (Å²) in [4.78, 5) is 0. The highest BCUT2D eigenvalue weighted by Crippen LogP contribution is 2.37. The molecule has 5 nitrogen and oxygen atoms in total. The third kappa shape index (κ3) is 8.19. The molecule has 0 amide bonds. The lowest BCUT2D eigenvalue weighted by atomic mass is 9.78. The lowest BCUT2D eigenvalue weighted by molar-refractivity contribution is -0.0129. The van der Waals surface area contributed by atoms with E-state index in [4.69, 9.17) is 4.18 Å². The second kappa shape index (κ2) is 10.5. The average Bonchev–Trinajstić information content (AvgIpc) is 2.31. The molecule has 0 aliphatic rings. The maximum atomic E-state index is 11.1. The molecule has 0 aromatic rings. The zero-order valence-electron chi connectivity index (χ0n) is 13.8. The molecule has 0 saturated heterocycles. The van der Waals surface area contributed by atoms with Crippen LogP contribution in [0.2, 0.25) is 0 Å². The normalized spacial score (nSPS) is 13.8. The van der Waals surface area contributed by atoms with Gasteiger partial charge in [0.05, 0.1) is 5.60 Å². The maximum absolute atomic E-state index is 11.1. The molecule has 0 heterocycles. The number of rotatable bonds is 11. The SMILES string of the molecule is CCCCC(CCCC)(OS(=O)(=O)[O-])C(C)CCC.[NH4+]. The number of quaternary nitrogens is 1. The molecule has 0 rings (SSSR count). The third-order valence-corrected chi connectivity index (χ3v) is 4.33. The topological polar surface area (TPSA) is 103 Å². The Morgan fingerprint density at radius 3 is 1.80 bits per heavy atom. The fourth-order valence-electron chi connectivity index (χ4n) is 2.63. The van der Waals surface area contributed by atoms with Gasteiger partial charge < -0.3 is 10.7 Å². The zero-order chi connectivity index (χ0) is 14.9. The first kappa shape index (κ1) is 22.1. The van der Waals surface area contributed by atoms with Crippen molar-refractivity contribution in [3.63, 3.8) is 0 Å². The second-order valence-corrected chi connectivity index (χ2v) is 6.44. The van der Waals surface area contributed by atoms with Crippen LogP contribution in [0.3, 0.4) is 0 Å². The van der Waals surface area contributed by atoms with Crippen LogP contribution in [0.25, 0.3) is 0 Å². The summed E-state index contributed by atoms with van der Waals surface area (Å²) >= 11 is 0. The Balaban J connectivity index is 0. The van der Waals surface area contributed by atoms with Gasteiger partial charge >= 0.3 is 0 Å². The van der Waals surface area contributed by atoms with E-state index >= 15 is 0 Å². The maximum Gasteiger partial charge on any atom is 0.218 e. The Bertz CT molecular complexity index is 322. The number of hydrogen-bond donors (Lipinski definition) is 1. The van der Waals surface area contributed by atoms with Crippen molar-refractivity contribution in [2.75, 3.05) is 0 Å². The van der Waals surface area contributed by atoms with E-state index in [2.05, 4.69) is 20.8 Å². The van der Waals surface area contributed by atoms with Crippen molar-refractivity contribution < 1.29 is 17.2 Å². The monoisotopic (exact) mass is 311 g/mol. The van der Waals surface area contributed by atoms with Crippen LogP contribution in [0.4, 0.5) is 0 Å². The van der Waals surface area contributed by atoms with Crippen LogP contribution >= 0.6 is 0 Å². The fourth-order valence-corrected chi connectivity index (χ4v) is 3.37. The highest BCUT2D eigenvalue weighted by Gasteiger charge is 2.37. The molecule has 0 aromatic carbocycles. The lowest BCUT2D eigenvalue weighted by Crippen LogP contribution is -2.41. The van der Waals surface area contributed by atoms with Crippen molar-refractivity contribution in [3.05, 3.63) is 0 Å². The van der Waals surface area contributed by atoms with Crippen LogP contribution in [-0.4, -0.2) is 18.6 Å². The molecule has 0 aromatic heterocycles. The molecule has 4 N–H and O–H groups in total. The second-order valence-electron chi connectivity index (χ2n) is 5.45. The molecular weight excluding hydrogens is 278 g/mol. The quantitative estimate of drug-likeness (QED) is 0.451. The first-order chi connectivity index (χ1) is 8.81. The Labute approximate surface area is 125 Å². The van der Waals surface area contributed by atoms with E-state index in [1.807, 2.05) is 6.92 Å².